The zero-order valence-electron chi connectivity index (χ0n) is 10.7. The van der Waals surface area contributed by atoms with Gasteiger partial charge in [-0.25, -0.2) is 0 Å². The van der Waals surface area contributed by atoms with Crippen LogP contribution in [0.1, 0.15) is 10.9 Å². The molecular weight excluding hydrogens is 246 g/mol. The second kappa shape index (κ2) is 6.86. The maximum absolute atomic E-state index is 8.77. The number of morpholine rings is 1. The molecule has 2 heterocycles. The lowest BCUT2D eigenvalue weighted by atomic mass is 10.1. The Morgan fingerprint density at radius 3 is 2.94 bits per heavy atom. The van der Waals surface area contributed by atoms with Crippen molar-refractivity contribution < 1.29 is 4.74 Å². The average Bonchev–Trinajstić information content (AvgIpc) is 2.91. The first kappa shape index (κ1) is 13.5. The molecule has 18 heavy (non-hydrogen) atoms. The van der Waals surface area contributed by atoms with E-state index in [-0.39, 0.29) is 0 Å². The van der Waals surface area contributed by atoms with Crippen molar-refractivity contribution in [3.63, 3.8) is 0 Å². The van der Waals surface area contributed by atoms with E-state index in [1.54, 1.807) is 11.3 Å². The number of rotatable bonds is 5. The molecule has 1 atom stereocenters. The monoisotopic (exact) mass is 265 g/mol. The first-order valence-electron chi connectivity index (χ1n) is 6.22. The Bertz CT molecular complexity index is 381. The van der Waals surface area contributed by atoms with Gasteiger partial charge in [0.25, 0.3) is 0 Å². The number of likely N-dealkylation sites (N-methyl/N-ethyl adjacent to an activating group) is 1. The zero-order valence-corrected chi connectivity index (χ0v) is 11.5. The topological polar surface area (TPSA) is 39.5 Å². The van der Waals surface area contributed by atoms with E-state index in [4.69, 9.17) is 10.00 Å². The molecule has 1 aliphatic heterocycles. The number of nitrogens with zero attached hydrogens (tertiary/aromatic N) is 3. The maximum atomic E-state index is 8.77. The Labute approximate surface area is 112 Å². The SMILES string of the molecule is CN(CC#N)CC(c1cccs1)N1CCOCC1. The lowest BCUT2D eigenvalue weighted by Crippen LogP contribution is -2.43. The van der Waals surface area contributed by atoms with Crippen molar-refractivity contribution in [2.24, 2.45) is 0 Å². The number of hydrogen-bond donors (Lipinski definition) is 0. The number of ether oxygens (including phenoxy) is 1. The van der Waals surface area contributed by atoms with Crippen LogP contribution in [0.4, 0.5) is 0 Å². The van der Waals surface area contributed by atoms with Crippen molar-refractivity contribution in [2.75, 3.05) is 46.4 Å². The van der Waals surface area contributed by atoms with Gasteiger partial charge < -0.3 is 4.74 Å². The van der Waals surface area contributed by atoms with E-state index in [1.165, 1.54) is 4.88 Å². The Morgan fingerprint density at radius 1 is 1.56 bits per heavy atom. The fourth-order valence-electron chi connectivity index (χ4n) is 2.24. The van der Waals surface area contributed by atoms with Gasteiger partial charge in [-0.05, 0) is 18.5 Å². The molecule has 0 amide bonds. The molecule has 2 rings (SSSR count). The van der Waals surface area contributed by atoms with Gasteiger partial charge in [-0.15, -0.1) is 11.3 Å². The maximum Gasteiger partial charge on any atom is 0.0864 e. The second-order valence-corrected chi connectivity index (χ2v) is 5.51. The van der Waals surface area contributed by atoms with Crippen LogP contribution < -0.4 is 0 Å². The quantitative estimate of drug-likeness (QED) is 0.758. The highest BCUT2D eigenvalue weighted by atomic mass is 32.1. The fourth-order valence-corrected chi connectivity index (χ4v) is 3.09. The molecule has 0 N–H and O–H groups in total. The Hall–Kier alpha value is -0.930. The van der Waals surface area contributed by atoms with Gasteiger partial charge in [0, 0.05) is 24.5 Å². The molecule has 0 spiro atoms. The van der Waals surface area contributed by atoms with E-state index in [0.29, 0.717) is 12.6 Å². The van der Waals surface area contributed by atoms with Crippen molar-refractivity contribution >= 4 is 11.3 Å². The van der Waals surface area contributed by atoms with Gasteiger partial charge in [-0.2, -0.15) is 5.26 Å². The fraction of sp³-hybridized carbons (Fsp3) is 0.615. The lowest BCUT2D eigenvalue weighted by Gasteiger charge is -2.35. The molecule has 4 nitrogen and oxygen atoms in total. The normalized spacial score (nSPS) is 18.7. The van der Waals surface area contributed by atoms with Crippen molar-refractivity contribution in [3.8, 4) is 6.07 Å². The molecule has 0 aliphatic carbocycles. The molecular formula is C13H19N3OS. The molecule has 1 aromatic rings. The van der Waals surface area contributed by atoms with E-state index in [2.05, 4.69) is 33.4 Å². The summed E-state index contributed by atoms with van der Waals surface area (Å²) in [5.41, 5.74) is 0. The average molecular weight is 265 g/mol. The minimum absolute atomic E-state index is 0.382. The Balaban J connectivity index is 2.05. The van der Waals surface area contributed by atoms with Crippen molar-refractivity contribution in [1.29, 1.82) is 5.26 Å². The summed E-state index contributed by atoms with van der Waals surface area (Å²) in [6.07, 6.45) is 0. The van der Waals surface area contributed by atoms with Crippen LogP contribution in [0, 0.1) is 11.3 Å². The zero-order chi connectivity index (χ0) is 12.8. The van der Waals surface area contributed by atoms with Crippen LogP contribution >= 0.6 is 11.3 Å². The summed E-state index contributed by atoms with van der Waals surface area (Å²) in [6, 6.07) is 6.87. The first-order valence-corrected chi connectivity index (χ1v) is 7.10. The van der Waals surface area contributed by atoms with Gasteiger partial charge in [-0.3, -0.25) is 9.80 Å². The second-order valence-electron chi connectivity index (χ2n) is 4.53. The molecule has 1 saturated heterocycles. The van der Waals surface area contributed by atoms with E-state index in [1.807, 2.05) is 7.05 Å². The summed E-state index contributed by atoms with van der Waals surface area (Å²) in [7, 11) is 2.00. The number of hydrogen-bond acceptors (Lipinski definition) is 5. The van der Waals surface area contributed by atoms with Gasteiger partial charge in [0.2, 0.25) is 0 Å². The number of nitriles is 1. The van der Waals surface area contributed by atoms with E-state index >= 15 is 0 Å². The van der Waals surface area contributed by atoms with Crippen molar-refractivity contribution in [3.05, 3.63) is 22.4 Å². The van der Waals surface area contributed by atoms with Gasteiger partial charge >= 0.3 is 0 Å². The van der Waals surface area contributed by atoms with Crippen LogP contribution in [0.25, 0.3) is 0 Å². The molecule has 1 aliphatic rings. The molecule has 98 valence electrons. The van der Waals surface area contributed by atoms with Crippen LogP contribution in [-0.2, 0) is 4.74 Å². The lowest BCUT2D eigenvalue weighted by molar-refractivity contribution is 0.0109. The Kier molecular flexibility index (Phi) is 5.14. The summed E-state index contributed by atoms with van der Waals surface area (Å²) in [5, 5.41) is 10.9. The molecule has 5 heteroatoms. The third-order valence-corrected chi connectivity index (χ3v) is 4.16. The van der Waals surface area contributed by atoms with Gasteiger partial charge in [-0.1, -0.05) is 6.07 Å². The van der Waals surface area contributed by atoms with Crippen LogP contribution in [0.2, 0.25) is 0 Å². The van der Waals surface area contributed by atoms with E-state index in [0.717, 1.165) is 32.8 Å². The van der Waals surface area contributed by atoms with Gasteiger partial charge in [0.1, 0.15) is 0 Å². The first-order chi connectivity index (χ1) is 8.81. The van der Waals surface area contributed by atoms with Crippen molar-refractivity contribution in [2.45, 2.75) is 6.04 Å². The molecule has 1 unspecified atom stereocenters. The molecule has 0 saturated carbocycles. The summed E-state index contributed by atoms with van der Waals surface area (Å²) >= 11 is 1.79. The molecule has 0 aromatic carbocycles. The number of thiophene rings is 1. The highest BCUT2D eigenvalue weighted by molar-refractivity contribution is 7.10. The highest BCUT2D eigenvalue weighted by Crippen LogP contribution is 2.26. The smallest absolute Gasteiger partial charge is 0.0864 e. The van der Waals surface area contributed by atoms with E-state index < -0.39 is 0 Å². The highest BCUT2D eigenvalue weighted by Gasteiger charge is 2.24. The standard InChI is InChI=1S/C13H19N3OS/c1-15(5-4-14)11-12(13-3-2-10-18-13)16-6-8-17-9-7-16/h2-3,10,12H,5-9,11H2,1H3. The van der Waals surface area contributed by atoms with Crippen LogP contribution in [0.3, 0.4) is 0 Å². The summed E-state index contributed by atoms with van der Waals surface area (Å²) in [6.45, 7) is 4.94. The molecule has 0 radical (unpaired) electrons. The minimum Gasteiger partial charge on any atom is -0.379 e. The predicted molar refractivity (Wildman–Crippen MR) is 72.6 cm³/mol. The molecule has 1 aromatic heterocycles. The summed E-state index contributed by atoms with van der Waals surface area (Å²) in [4.78, 5) is 5.92. The molecule has 1 fully saturated rings. The van der Waals surface area contributed by atoms with Crippen LogP contribution in [0.15, 0.2) is 17.5 Å². The third kappa shape index (κ3) is 3.53. The minimum atomic E-state index is 0.382. The Morgan fingerprint density at radius 2 is 2.33 bits per heavy atom. The predicted octanol–water partition coefficient (Wildman–Crippen LogP) is 1.58. The molecule has 0 bridgehead atoms. The van der Waals surface area contributed by atoms with Gasteiger partial charge in [0.05, 0.1) is 31.9 Å². The van der Waals surface area contributed by atoms with E-state index in [9.17, 15) is 0 Å². The van der Waals surface area contributed by atoms with Crippen molar-refractivity contribution in [1.82, 2.24) is 9.80 Å². The largest absolute Gasteiger partial charge is 0.379 e. The summed E-state index contributed by atoms with van der Waals surface area (Å²) in [5.74, 6) is 0. The summed E-state index contributed by atoms with van der Waals surface area (Å²) < 4.78 is 5.42. The third-order valence-electron chi connectivity index (χ3n) is 3.18. The van der Waals surface area contributed by atoms with Crippen LogP contribution in [0.5, 0.6) is 0 Å². The van der Waals surface area contributed by atoms with Crippen LogP contribution in [-0.4, -0.2) is 56.2 Å². The van der Waals surface area contributed by atoms with Gasteiger partial charge in [0.15, 0.2) is 0 Å².